The molecule has 1 aromatic rings. The summed E-state index contributed by atoms with van der Waals surface area (Å²) in [4.78, 5) is 26.2. The Morgan fingerprint density at radius 2 is 1.88 bits per heavy atom. The van der Waals surface area contributed by atoms with E-state index in [1.807, 2.05) is 0 Å². The fourth-order valence-corrected chi connectivity index (χ4v) is 2.70. The van der Waals surface area contributed by atoms with Crippen molar-refractivity contribution in [2.75, 3.05) is 44.2 Å². The molecule has 1 fully saturated rings. The van der Waals surface area contributed by atoms with Crippen LogP contribution in [0.2, 0.25) is 0 Å². The highest BCUT2D eigenvalue weighted by Crippen LogP contribution is 2.20. The number of benzene rings is 1. The van der Waals surface area contributed by atoms with Gasteiger partial charge < -0.3 is 9.64 Å². The fourth-order valence-electron chi connectivity index (χ4n) is 2.70. The zero-order valence-corrected chi connectivity index (χ0v) is 14.1. The van der Waals surface area contributed by atoms with Crippen LogP contribution in [0.1, 0.15) is 26.2 Å². The molecule has 0 aromatic heterocycles. The van der Waals surface area contributed by atoms with E-state index in [9.17, 15) is 14.9 Å². The van der Waals surface area contributed by atoms with E-state index < -0.39 is 0 Å². The van der Waals surface area contributed by atoms with Gasteiger partial charge in [-0.2, -0.15) is 0 Å². The topological polar surface area (TPSA) is 75.9 Å². The molecule has 0 spiro atoms. The first-order valence-electron chi connectivity index (χ1n) is 8.47. The Labute approximate surface area is 142 Å². The van der Waals surface area contributed by atoms with Crippen LogP contribution in [0.25, 0.3) is 0 Å². The van der Waals surface area contributed by atoms with Gasteiger partial charge in [-0.1, -0.05) is 13.3 Å². The molecule has 0 bridgehead atoms. The van der Waals surface area contributed by atoms with Crippen LogP contribution in [-0.4, -0.2) is 55.1 Å². The Morgan fingerprint density at radius 1 is 1.21 bits per heavy atom. The molecular formula is C17H25N3O4. The number of carbonyl (C=O) groups excluding carboxylic acids is 1. The number of nitrogens with zero attached hydrogens (tertiary/aromatic N) is 3. The Morgan fingerprint density at radius 3 is 2.46 bits per heavy atom. The molecular weight excluding hydrogens is 310 g/mol. The summed E-state index contributed by atoms with van der Waals surface area (Å²) in [5, 5.41) is 10.7. The molecule has 1 aliphatic heterocycles. The molecule has 0 saturated carbocycles. The second kappa shape index (κ2) is 9.22. The number of ether oxygens (including phenoxy) is 1. The SMILES string of the molecule is CCCCC(=O)OCCN1CCN(c2ccc([N+](=O)[O-])cc2)CC1. The van der Waals surface area contributed by atoms with Gasteiger partial charge in [0, 0.05) is 57.0 Å². The minimum Gasteiger partial charge on any atom is -0.464 e. The van der Waals surface area contributed by atoms with Crippen LogP contribution in [0.3, 0.4) is 0 Å². The first kappa shape index (κ1) is 18.2. The zero-order valence-electron chi connectivity index (χ0n) is 14.1. The van der Waals surface area contributed by atoms with Gasteiger partial charge in [0.2, 0.25) is 0 Å². The molecule has 0 atom stereocenters. The van der Waals surface area contributed by atoms with Crippen molar-refractivity contribution in [3.63, 3.8) is 0 Å². The summed E-state index contributed by atoms with van der Waals surface area (Å²) in [7, 11) is 0. The molecule has 0 amide bonds. The van der Waals surface area contributed by atoms with E-state index in [1.54, 1.807) is 12.1 Å². The van der Waals surface area contributed by atoms with E-state index in [1.165, 1.54) is 12.1 Å². The van der Waals surface area contributed by atoms with E-state index in [0.29, 0.717) is 13.0 Å². The summed E-state index contributed by atoms with van der Waals surface area (Å²) in [6, 6.07) is 6.67. The lowest BCUT2D eigenvalue weighted by Gasteiger charge is -2.35. The van der Waals surface area contributed by atoms with Gasteiger partial charge in [0.05, 0.1) is 4.92 Å². The highest BCUT2D eigenvalue weighted by Gasteiger charge is 2.18. The predicted octanol–water partition coefficient (Wildman–Crippen LogP) is 2.45. The van der Waals surface area contributed by atoms with Crippen molar-refractivity contribution < 1.29 is 14.5 Å². The van der Waals surface area contributed by atoms with Gasteiger partial charge >= 0.3 is 5.97 Å². The number of unbranched alkanes of at least 4 members (excludes halogenated alkanes) is 1. The summed E-state index contributed by atoms with van der Waals surface area (Å²) < 4.78 is 5.24. The highest BCUT2D eigenvalue weighted by molar-refractivity contribution is 5.69. The summed E-state index contributed by atoms with van der Waals surface area (Å²) in [6.07, 6.45) is 2.39. The number of anilines is 1. The molecule has 0 unspecified atom stereocenters. The van der Waals surface area contributed by atoms with Gasteiger partial charge in [0.1, 0.15) is 6.61 Å². The van der Waals surface area contributed by atoms with E-state index in [4.69, 9.17) is 4.74 Å². The third kappa shape index (κ3) is 5.49. The fraction of sp³-hybridized carbons (Fsp3) is 0.588. The molecule has 1 saturated heterocycles. The second-order valence-electron chi connectivity index (χ2n) is 5.93. The van der Waals surface area contributed by atoms with Crippen molar-refractivity contribution in [2.24, 2.45) is 0 Å². The van der Waals surface area contributed by atoms with Gasteiger partial charge in [-0.3, -0.25) is 19.8 Å². The van der Waals surface area contributed by atoms with E-state index >= 15 is 0 Å². The van der Waals surface area contributed by atoms with Crippen LogP contribution in [0.4, 0.5) is 11.4 Å². The van der Waals surface area contributed by atoms with Gasteiger partial charge in [-0.05, 0) is 18.6 Å². The van der Waals surface area contributed by atoms with Crippen LogP contribution in [-0.2, 0) is 9.53 Å². The summed E-state index contributed by atoms with van der Waals surface area (Å²) in [5.41, 5.74) is 1.12. The molecule has 132 valence electrons. The number of carbonyl (C=O) groups is 1. The average molecular weight is 335 g/mol. The Bertz CT molecular complexity index is 539. The van der Waals surface area contributed by atoms with Crippen LogP contribution >= 0.6 is 0 Å². The third-order valence-electron chi connectivity index (χ3n) is 4.20. The standard InChI is InChI=1S/C17H25N3O4/c1-2-3-4-17(21)24-14-13-18-9-11-19(12-10-18)15-5-7-16(8-6-15)20(22)23/h5-8H,2-4,9-14H2,1H3. The van der Waals surface area contributed by atoms with Gasteiger partial charge in [0.15, 0.2) is 0 Å². The predicted molar refractivity (Wildman–Crippen MR) is 92.2 cm³/mol. The lowest BCUT2D eigenvalue weighted by molar-refractivity contribution is -0.384. The van der Waals surface area contributed by atoms with Crippen molar-refractivity contribution in [1.29, 1.82) is 0 Å². The zero-order chi connectivity index (χ0) is 17.4. The minimum absolute atomic E-state index is 0.110. The highest BCUT2D eigenvalue weighted by atomic mass is 16.6. The number of nitro groups is 1. The first-order chi connectivity index (χ1) is 11.6. The Balaban J connectivity index is 1.69. The maximum Gasteiger partial charge on any atom is 0.305 e. The van der Waals surface area contributed by atoms with Crippen molar-refractivity contribution in [3.05, 3.63) is 34.4 Å². The van der Waals surface area contributed by atoms with E-state index in [2.05, 4.69) is 16.7 Å². The molecule has 1 aliphatic rings. The van der Waals surface area contributed by atoms with Gasteiger partial charge in [-0.15, -0.1) is 0 Å². The second-order valence-corrected chi connectivity index (χ2v) is 5.93. The molecule has 0 radical (unpaired) electrons. The van der Waals surface area contributed by atoms with Crippen LogP contribution in [0.5, 0.6) is 0 Å². The Hall–Kier alpha value is -2.15. The monoisotopic (exact) mass is 335 g/mol. The van der Waals surface area contributed by atoms with Crippen molar-refractivity contribution in [3.8, 4) is 0 Å². The van der Waals surface area contributed by atoms with Crippen LogP contribution in [0.15, 0.2) is 24.3 Å². The molecule has 7 heteroatoms. The lowest BCUT2D eigenvalue weighted by atomic mass is 10.2. The molecule has 1 heterocycles. The molecule has 24 heavy (non-hydrogen) atoms. The normalized spacial score (nSPS) is 15.3. The maximum absolute atomic E-state index is 11.5. The van der Waals surface area contributed by atoms with Crippen molar-refractivity contribution in [1.82, 2.24) is 4.90 Å². The Kier molecular flexibility index (Phi) is 6.99. The van der Waals surface area contributed by atoms with Gasteiger partial charge in [0.25, 0.3) is 5.69 Å². The summed E-state index contributed by atoms with van der Waals surface area (Å²) in [6.45, 7) is 6.76. The lowest BCUT2D eigenvalue weighted by Crippen LogP contribution is -2.47. The first-order valence-corrected chi connectivity index (χ1v) is 8.47. The summed E-state index contributed by atoms with van der Waals surface area (Å²) >= 11 is 0. The molecule has 7 nitrogen and oxygen atoms in total. The number of esters is 1. The third-order valence-corrected chi connectivity index (χ3v) is 4.20. The number of rotatable bonds is 8. The number of hydrogen-bond donors (Lipinski definition) is 0. The summed E-state index contributed by atoms with van der Waals surface area (Å²) in [5.74, 6) is -0.110. The molecule has 0 aliphatic carbocycles. The average Bonchev–Trinajstić information content (AvgIpc) is 2.60. The number of non-ortho nitro benzene ring substituents is 1. The smallest absolute Gasteiger partial charge is 0.305 e. The molecule has 0 N–H and O–H groups in total. The van der Waals surface area contributed by atoms with Crippen molar-refractivity contribution >= 4 is 17.3 Å². The largest absolute Gasteiger partial charge is 0.464 e. The van der Waals surface area contributed by atoms with Crippen molar-refractivity contribution in [2.45, 2.75) is 26.2 Å². The van der Waals surface area contributed by atoms with Gasteiger partial charge in [-0.25, -0.2) is 0 Å². The van der Waals surface area contributed by atoms with E-state index in [0.717, 1.165) is 51.3 Å². The molecule has 1 aromatic carbocycles. The minimum atomic E-state index is -0.385. The quantitative estimate of drug-likeness (QED) is 0.413. The molecule has 2 rings (SSSR count). The van der Waals surface area contributed by atoms with E-state index in [-0.39, 0.29) is 16.6 Å². The van der Waals surface area contributed by atoms with Crippen LogP contribution < -0.4 is 4.90 Å². The van der Waals surface area contributed by atoms with Crippen LogP contribution in [0, 0.1) is 10.1 Å². The maximum atomic E-state index is 11.5. The number of piperazine rings is 1. The number of nitro benzene ring substituents is 1. The number of hydrogen-bond acceptors (Lipinski definition) is 6.